The minimum Gasteiger partial charge on any atom is -0.344 e. The number of pyridine rings is 1. The van der Waals surface area contributed by atoms with Crippen LogP contribution >= 0.6 is 0 Å². The molecule has 1 fully saturated rings. The van der Waals surface area contributed by atoms with Gasteiger partial charge < -0.3 is 10.2 Å². The molecule has 0 aliphatic heterocycles. The fourth-order valence-corrected chi connectivity index (χ4v) is 3.17. The fourth-order valence-electron chi connectivity index (χ4n) is 3.17. The van der Waals surface area contributed by atoms with E-state index in [0.717, 1.165) is 29.7 Å². The third-order valence-corrected chi connectivity index (χ3v) is 5.07. The number of hydrogen-bond acceptors (Lipinski definition) is 3. The highest BCUT2D eigenvalue weighted by Crippen LogP contribution is 2.48. The topological polar surface area (TPSA) is 62.3 Å². The molecule has 0 saturated heterocycles. The quantitative estimate of drug-likeness (QED) is 0.780. The van der Waals surface area contributed by atoms with Gasteiger partial charge in [-0.15, -0.1) is 0 Å². The van der Waals surface area contributed by atoms with E-state index in [-0.39, 0.29) is 11.8 Å². The van der Waals surface area contributed by atoms with Crippen molar-refractivity contribution in [2.45, 2.75) is 32.6 Å². The molecule has 2 aromatic rings. The molecule has 0 bridgehead atoms. The van der Waals surface area contributed by atoms with E-state index in [9.17, 15) is 9.59 Å². The highest BCUT2D eigenvalue weighted by Gasteiger charge is 2.57. The summed E-state index contributed by atoms with van der Waals surface area (Å²) in [5.41, 5.74) is 2.12. The Bertz CT molecular complexity index is 785. The lowest BCUT2D eigenvalue weighted by Crippen LogP contribution is -2.42. The summed E-state index contributed by atoms with van der Waals surface area (Å²) < 4.78 is 0. The number of hydrogen-bond donors (Lipinski definition) is 1. The van der Waals surface area contributed by atoms with Crippen molar-refractivity contribution in [3.8, 4) is 0 Å². The number of benzene rings is 1. The summed E-state index contributed by atoms with van der Waals surface area (Å²) in [6, 6.07) is 11.6. The SMILES string of the molecule is CCc1ccccc1NC(=O)C1(C(=O)N(C)CCc2ccncc2)CC1. The lowest BCUT2D eigenvalue weighted by molar-refractivity contribution is -0.141. The summed E-state index contributed by atoms with van der Waals surface area (Å²) in [5.74, 6) is -0.266. The molecule has 1 heterocycles. The van der Waals surface area contributed by atoms with Gasteiger partial charge in [-0.2, -0.15) is 0 Å². The minimum absolute atomic E-state index is 0.0852. The Kier molecular flexibility index (Phi) is 5.35. The zero-order valence-electron chi connectivity index (χ0n) is 15.4. The van der Waals surface area contributed by atoms with Gasteiger partial charge in [-0.25, -0.2) is 0 Å². The molecule has 5 nitrogen and oxygen atoms in total. The Morgan fingerprint density at radius 1 is 1.15 bits per heavy atom. The standard InChI is InChI=1S/C21H25N3O2/c1-3-17-6-4-5-7-18(17)23-19(25)21(11-12-21)20(26)24(2)15-10-16-8-13-22-14-9-16/h4-9,13-14H,3,10-12,15H2,1-2H3,(H,23,25). The lowest BCUT2D eigenvalue weighted by atomic mass is 10.0. The second kappa shape index (κ2) is 7.68. The van der Waals surface area contributed by atoms with E-state index in [2.05, 4.69) is 17.2 Å². The molecule has 26 heavy (non-hydrogen) atoms. The van der Waals surface area contributed by atoms with Crippen LogP contribution in [0, 0.1) is 5.41 Å². The summed E-state index contributed by atoms with van der Waals surface area (Å²) in [6.07, 6.45) is 6.32. The third kappa shape index (κ3) is 3.77. The van der Waals surface area contributed by atoms with Crippen LogP contribution < -0.4 is 5.32 Å². The molecule has 136 valence electrons. The normalized spacial score (nSPS) is 14.5. The van der Waals surface area contributed by atoms with E-state index >= 15 is 0 Å². The van der Waals surface area contributed by atoms with Crippen LogP contribution in [0.1, 0.15) is 30.9 Å². The Hall–Kier alpha value is -2.69. The first kappa shape index (κ1) is 18.1. The van der Waals surface area contributed by atoms with Gasteiger partial charge in [-0.05, 0) is 55.0 Å². The van der Waals surface area contributed by atoms with E-state index < -0.39 is 5.41 Å². The Morgan fingerprint density at radius 3 is 2.50 bits per heavy atom. The van der Waals surface area contributed by atoms with Gasteiger partial charge in [0.25, 0.3) is 0 Å². The first-order valence-electron chi connectivity index (χ1n) is 9.10. The Morgan fingerprint density at radius 2 is 1.85 bits per heavy atom. The average molecular weight is 351 g/mol. The minimum atomic E-state index is -0.895. The molecular weight excluding hydrogens is 326 g/mol. The molecule has 1 aromatic heterocycles. The first-order chi connectivity index (χ1) is 12.6. The van der Waals surface area contributed by atoms with Gasteiger partial charge in [0.1, 0.15) is 5.41 Å². The van der Waals surface area contributed by atoms with Crippen molar-refractivity contribution < 1.29 is 9.59 Å². The van der Waals surface area contributed by atoms with Crippen molar-refractivity contribution in [1.82, 2.24) is 9.88 Å². The molecule has 3 rings (SSSR count). The van der Waals surface area contributed by atoms with Crippen LogP contribution in [0.3, 0.4) is 0 Å². The van der Waals surface area contributed by atoms with Crippen LogP contribution in [0.5, 0.6) is 0 Å². The van der Waals surface area contributed by atoms with E-state index in [1.165, 1.54) is 0 Å². The first-order valence-corrected chi connectivity index (χ1v) is 9.10. The lowest BCUT2D eigenvalue weighted by Gasteiger charge is -2.23. The number of nitrogens with zero attached hydrogens (tertiary/aromatic N) is 2. The van der Waals surface area contributed by atoms with Crippen LogP contribution in [0.25, 0.3) is 0 Å². The maximum Gasteiger partial charge on any atom is 0.240 e. The fraction of sp³-hybridized carbons (Fsp3) is 0.381. The second-order valence-electron chi connectivity index (χ2n) is 6.88. The number of rotatable bonds is 7. The average Bonchev–Trinajstić information content (AvgIpc) is 3.49. The second-order valence-corrected chi connectivity index (χ2v) is 6.88. The third-order valence-electron chi connectivity index (χ3n) is 5.07. The van der Waals surface area contributed by atoms with Gasteiger partial charge in [0, 0.05) is 31.7 Å². The molecule has 0 atom stereocenters. The zero-order valence-corrected chi connectivity index (χ0v) is 15.4. The predicted molar refractivity (Wildman–Crippen MR) is 102 cm³/mol. The van der Waals surface area contributed by atoms with Gasteiger partial charge >= 0.3 is 0 Å². The Balaban J connectivity index is 1.63. The van der Waals surface area contributed by atoms with Gasteiger partial charge in [0.2, 0.25) is 11.8 Å². The molecule has 5 heteroatoms. The van der Waals surface area contributed by atoms with Crippen molar-refractivity contribution in [2.75, 3.05) is 18.9 Å². The predicted octanol–water partition coefficient (Wildman–Crippen LogP) is 3.06. The number of carbonyl (C=O) groups is 2. The number of carbonyl (C=O) groups excluding carboxylic acids is 2. The highest BCUT2D eigenvalue weighted by molar-refractivity contribution is 6.13. The molecule has 1 aliphatic rings. The maximum absolute atomic E-state index is 12.9. The molecule has 1 N–H and O–H groups in total. The summed E-state index contributed by atoms with van der Waals surface area (Å²) >= 11 is 0. The van der Waals surface area contributed by atoms with Crippen molar-refractivity contribution in [3.63, 3.8) is 0 Å². The van der Waals surface area contributed by atoms with Crippen LogP contribution in [-0.2, 0) is 22.4 Å². The molecule has 1 aliphatic carbocycles. The molecular formula is C21H25N3O2. The number of para-hydroxylation sites is 1. The van der Waals surface area contributed by atoms with E-state index in [0.29, 0.717) is 19.4 Å². The number of nitrogens with one attached hydrogen (secondary N) is 1. The maximum atomic E-state index is 12.9. The van der Waals surface area contributed by atoms with Crippen LogP contribution in [0.15, 0.2) is 48.8 Å². The molecule has 0 radical (unpaired) electrons. The van der Waals surface area contributed by atoms with Crippen molar-refractivity contribution in [3.05, 3.63) is 59.9 Å². The van der Waals surface area contributed by atoms with Crippen LogP contribution in [-0.4, -0.2) is 35.3 Å². The van der Waals surface area contributed by atoms with E-state index in [1.807, 2.05) is 36.4 Å². The van der Waals surface area contributed by atoms with Crippen molar-refractivity contribution in [1.29, 1.82) is 0 Å². The number of anilines is 1. The van der Waals surface area contributed by atoms with E-state index in [1.54, 1.807) is 24.3 Å². The van der Waals surface area contributed by atoms with Crippen molar-refractivity contribution >= 4 is 17.5 Å². The van der Waals surface area contributed by atoms with Gasteiger partial charge in [-0.1, -0.05) is 25.1 Å². The number of aromatic nitrogens is 1. The summed E-state index contributed by atoms with van der Waals surface area (Å²) in [6.45, 7) is 2.64. The van der Waals surface area contributed by atoms with Gasteiger partial charge in [0.15, 0.2) is 0 Å². The zero-order chi connectivity index (χ0) is 18.6. The summed E-state index contributed by atoms with van der Waals surface area (Å²) in [5, 5.41) is 2.98. The molecule has 1 saturated carbocycles. The van der Waals surface area contributed by atoms with Crippen molar-refractivity contribution in [2.24, 2.45) is 5.41 Å². The summed E-state index contributed by atoms with van der Waals surface area (Å²) in [4.78, 5) is 31.4. The summed E-state index contributed by atoms with van der Waals surface area (Å²) in [7, 11) is 1.77. The molecule has 2 amide bonds. The van der Waals surface area contributed by atoms with Gasteiger partial charge in [-0.3, -0.25) is 14.6 Å². The number of amides is 2. The largest absolute Gasteiger partial charge is 0.344 e. The number of likely N-dealkylation sites (N-methyl/N-ethyl adjacent to an activating group) is 1. The Labute approximate surface area is 154 Å². The smallest absolute Gasteiger partial charge is 0.240 e. The molecule has 0 unspecified atom stereocenters. The highest BCUT2D eigenvalue weighted by atomic mass is 16.2. The van der Waals surface area contributed by atoms with E-state index in [4.69, 9.17) is 0 Å². The van der Waals surface area contributed by atoms with Crippen LogP contribution in [0.4, 0.5) is 5.69 Å². The van der Waals surface area contributed by atoms with Gasteiger partial charge in [0.05, 0.1) is 0 Å². The molecule has 1 aromatic carbocycles. The number of aryl methyl sites for hydroxylation is 1. The monoisotopic (exact) mass is 351 g/mol. The molecule has 0 spiro atoms. The van der Waals surface area contributed by atoms with Crippen LogP contribution in [0.2, 0.25) is 0 Å².